The molecule has 0 radical (unpaired) electrons. The van der Waals surface area contributed by atoms with Crippen LogP contribution in [0, 0.1) is 56.7 Å². The van der Waals surface area contributed by atoms with Gasteiger partial charge in [0, 0.05) is 38.3 Å². The Hall–Kier alpha value is -2.38. The standard InChI is InChI=1S/C43H70N2O6/c1-28(2)30-17-23-43(38(49)45-27-20-35(47)44-26-13-11-10-12-14-36(48)50-9)25-24-41(7)31(37(30)43)15-16-33-40(6)21-19-34(51-29(3)46)39(4,5)32(40)18-22-42(33,41)8/h30-34,37H,1,10-27H2,2-9H3,(H,44,47)(H,45,49)/t30-,31+,32-,33+,34-,37+,40-,41+,42+,43-/m0/s1. The van der Waals surface area contributed by atoms with E-state index in [-0.39, 0.29) is 63.9 Å². The second-order valence-electron chi connectivity index (χ2n) is 18.9. The maximum Gasteiger partial charge on any atom is 0.305 e. The molecule has 0 aromatic heterocycles. The lowest BCUT2D eigenvalue weighted by molar-refractivity contribution is -0.248. The molecule has 10 atom stereocenters. The molecule has 2 amide bonds. The van der Waals surface area contributed by atoms with Gasteiger partial charge in [0.2, 0.25) is 11.8 Å². The number of ether oxygens (including phenoxy) is 2. The number of fused-ring (bicyclic) bond motifs is 7. The highest BCUT2D eigenvalue weighted by Gasteiger charge is 2.72. The van der Waals surface area contributed by atoms with Crippen molar-refractivity contribution in [2.45, 2.75) is 157 Å². The Morgan fingerprint density at radius 3 is 2.14 bits per heavy atom. The molecule has 0 aromatic carbocycles. The molecule has 51 heavy (non-hydrogen) atoms. The summed E-state index contributed by atoms with van der Waals surface area (Å²) in [6.07, 6.45) is 14.9. The van der Waals surface area contributed by atoms with E-state index in [1.807, 2.05) is 0 Å². The van der Waals surface area contributed by atoms with Crippen molar-refractivity contribution in [3.63, 3.8) is 0 Å². The molecule has 0 heterocycles. The molecule has 5 aliphatic rings. The predicted molar refractivity (Wildman–Crippen MR) is 200 cm³/mol. The fourth-order valence-corrected chi connectivity index (χ4v) is 13.6. The van der Waals surface area contributed by atoms with E-state index in [4.69, 9.17) is 4.74 Å². The number of hydrogen-bond acceptors (Lipinski definition) is 6. The zero-order valence-electron chi connectivity index (χ0n) is 33.3. The van der Waals surface area contributed by atoms with Crippen LogP contribution in [0.25, 0.3) is 0 Å². The molecular formula is C43H70N2O6. The van der Waals surface area contributed by atoms with Gasteiger partial charge >= 0.3 is 11.9 Å². The summed E-state index contributed by atoms with van der Waals surface area (Å²) in [6, 6.07) is 0. The van der Waals surface area contributed by atoms with E-state index in [1.165, 1.54) is 25.5 Å². The minimum absolute atomic E-state index is 0.0190. The first kappa shape index (κ1) is 39.8. The summed E-state index contributed by atoms with van der Waals surface area (Å²) in [5.41, 5.74) is 1.27. The van der Waals surface area contributed by atoms with Crippen LogP contribution in [0.15, 0.2) is 12.2 Å². The molecule has 5 aliphatic carbocycles. The molecule has 0 aromatic rings. The van der Waals surface area contributed by atoms with Crippen molar-refractivity contribution in [1.29, 1.82) is 0 Å². The zero-order valence-corrected chi connectivity index (χ0v) is 33.3. The lowest BCUT2D eigenvalue weighted by Crippen LogP contribution is -2.67. The van der Waals surface area contributed by atoms with Crippen LogP contribution >= 0.6 is 0 Å². The van der Waals surface area contributed by atoms with Gasteiger partial charge in [0.05, 0.1) is 12.5 Å². The van der Waals surface area contributed by atoms with E-state index in [0.717, 1.165) is 77.0 Å². The third-order valence-electron chi connectivity index (χ3n) is 16.3. The summed E-state index contributed by atoms with van der Waals surface area (Å²) in [4.78, 5) is 50.4. The molecular weight excluding hydrogens is 640 g/mol. The van der Waals surface area contributed by atoms with Gasteiger partial charge in [-0.2, -0.15) is 0 Å². The molecule has 8 nitrogen and oxygen atoms in total. The van der Waals surface area contributed by atoms with Crippen molar-refractivity contribution >= 4 is 23.8 Å². The number of methoxy groups -OCH3 is 1. The number of nitrogens with one attached hydrogen (secondary N) is 2. The highest BCUT2D eigenvalue weighted by molar-refractivity contribution is 5.84. The van der Waals surface area contributed by atoms with Crippen molar-refractivity contribution in [2.75, 3.05) is 20.2 Å². The highest BCUT2D eigenvalue weighted by atomic mass is 16.5. The maximum absolute atomic E-state index is 14.4. The number of rotatable bonds is 13. The Bertz CT molecular complexity index is 1340. The molecule has 0 saturated heterocycles. The molecule has 0 aliphatic heterocycles. The highest BCUT2D eigenvalue weighted by Crippen LogP contribution is 2.77. The third kappa shape index (κ3) is 7.04. The number of carbonyl (C=O) groups excluding carboxylic acids is 4. The summed E-state index contributed by atoms with van der Waals surface area (Å²) in [6.45, 7) is 21.7. The van der Waals surface area contributed by atoms with Gasteiger partial charge < -0.3 is 20.1 Å². The minimum Gasteiger partial charge on any atom is -0.469 e. The van der Waals surface area contributed by atoms with Crippen LogP contribution in [-0.4, -0.2) is 50.1 Å². The van der Waals surface area contributed by atoms with Crippen LogP contribution in [-0.2, 0) is 28.7 Å². The first-order valence-electron chi connectivity index (χ1n) is 20.4. The lowest BCUT2D eigenvalue weighted by Gasteiger charge is -2.72. The molecule has 288 valence electrons. The molecule has 5 fully saturated rings. The summed E-state index contributed by atoms with van der Waals surface area (Å²) in [5.74, 6) is 2.00. The van der Waals surface area contributed by atoms with Gasteiger partial charge in [0.25, 0.3) is 0 Å². The molecule has 0 spiro atoms. The van der Waals surface area contributed by atoms with E-state index in [0.29, 0.717) is 43.2 Å². The van der Waals surface area contributed by atoms with Gasteiger partial charge in [-0.05, 0) is 130 Å². The Morgan fingerprint density at radius 1 is 0.725 bits per heavy atom. The number of allylic oxidation sites excluding steroid dienone is 1. The van der Waals surface area contributed by atoms with Crippen LogP contribution in [0.3, 0.4) is 0 Å². The lowest BCUT2D eigenvalue weighted by atomic mass is 9.32. The molecule has 8 heteroatoms. The number of hydrogen-bond donors (Lipinski definition) is 2. The summed E-state index contributed by atoms with van der Waals surface area (Å²) in [5, 5.41) is 6.28. The number of unbranched alkanes of at least 4 members (excludes halogenated alkanes) is 3. The molecule has 5 rings (SSSR count). The van der Waals surface area contributed by atoms with Gasteiger partial charge in [0.15, 0.2) is 0 Å². The smallest absolute Gasteiger partial charge is 0.305 e. The van der Waals surface area contributed by atoms with Crippen molar-refractivity contribution in [1.82, 2.24) is 10.6 Å². The van der Waals surface area contributed by atoms with Crippen molar-refractivity contribution in [3.8, 4) is 0 Å². The first-order valence-corrected chi connectivity index (χ1v) is 20.4. The fourth-order valence-electron chi connectivity index (χ4n) is 13.6. The van der Waals surface area contributed by atoms with E-state index < -0.39 is 5.41 Å². The monoisotopic (exact) mass is 711 g/mol. The Kier molecular flexibility index (Phi) is 11.8. The summed E-state index contributed by atoms with van der Waals surface area (Å²) >= 11 is 0. The van der Waals surface area contributed by atoms with Crippen LogP contribution in [0.2, 0.25) is 0 Å². The normalized spacial score (nSPS) is 39.3. The van der Waals surface area contributed by atoms with Gasteiger partial charge in [-0.1, -0.05) is 59.6 Å². The Morgan fingerprint density at radius 2 is 1.45 bits per heavy atom. The fraction of sp³-hybridized carbons (Fsp3) is 0.860. The van der Waals surface area contributed by atoms with Crippen molar-refractivity contribution in [2.24, 2.45) is 56.7 Å². The molecule has 0 unspecified atom stereocenters. The Labute approximate surface area is 308 Å². The Balaban J connectivity index is 1.25. The van der Waals surface area contributed by atoms with E-state index in [2.05, 4.69) is 63.5 Å². The molecule has 2 N–H and O–H groups in total. The molecule has 0 bridgehead atoms. The SMILES string of the molecule is C=C(C)[C@@H]1CC[C@]2(C(=O)NCCC(=O)NCCCCCCC(=O)OC)CC[C@]3(C)[C@H](CC[C@@H]4[C@@]5(C)CC[C@H](OC(C)=O)C(C)(C)[C@@H]5CC[C@]43C)[C@@H]12. The largest absolute Gasteiger partial charge is 0.469 e. The quantitative estimate of drug-likeness (QED) is 0.113. The number of amides is 2. The maximum atomic E-state index is 14.4. The third-order valence-corrected chi connectivity index (χ3v) is 16.3. The topological polar surface area (TPSA) is 111 Å². The minimum atomic E-state index is -0.400. The second-order valence-corrected chi connectivity index (χ2v) is 18.9. The van der Waals surface area contributed by atoms with E-state index in [1.54, 1.807) is 6.92 Å². The molecule has 5 saturated carbocycles. The number of carbonyl (C=O) groups is 4. The van der Waals surface area contributed by atoms with Gasteiger partial charge in [-0.15, -0.1) is 0 Å². The van der Waals surface area contributed by atoms with Gasteiger partial charge in [-0.25, -0.2) is 0 Å². The van der Waals surface area contributed by atoms with Gasteiger partial charge in [0.1, 0.15) is 6.10 Å². The van der Waals surface area contributed by atoms with Crippen molar-refractivity contribution in [3.05, 3.63) is 12.2 Å². The van der Waals surface area contributed by atoms with Gasteiger partial charge in [-0.3, -0.25) is 19.2 Å². The van der Waals surface area contributed by atoms with Crippen LogP contribution in [0.4, 0.5) is 0 Å². The van der Waals surface area contributed by atoms with Crippen LogP contribution in [0.5, 0.6) is 0 Å². The zero-order chi connectivity index (χ0) is 37.4. The average Bonchev–Trinajstić information content (AvgIpc) is 3.47. The van der Waals surface area contributed by atoms with Crippen LogP contribution in [0.1, 0.15) is 151 Å². The first-order chi connectivity index (χ1) is 24.0. The van der Waals surface area contributed by atoms with E-state index >= 15 is 0 Å². The predicted octanol–water partition coefficient (Wildman–Crippen LogP) is 8.32. The van der Waals surface area contributed by atoms with Crippen molar-refractivity contribution < 1.29 is 28.7 Å². The van der Waals surface area contributed by atoms with Crippen LogP contribution < -0.4 is 10.6 Å². The number of esters is 2. The summed E-state index contributed by atoms with van der Waals surface area (Å²) in [7, 11) is 1.41. The summed E-state index contributed by atoms with van der Waals surface area (Å²) < 4.78 is 10.6. The second kappa shape index (κ2) is 15.2. The average molecular weight is 711 g/mol. The van der Waals surface area contributed by atoms with E-state index in [9.17, 15) is 19.2 Å².